The molecule has 1 heterocycles. The number of hydrogen-bond donors (Lipinski definition) is 1. The summed E-state index contributed by atoms with van der Waals surface area (Å²) in [7, 11) is 0. The molecule has 1 saturated heterocycles. The summed E-state index contributed by atoms with van der Waals surface area (Å²) >= 11 is 0. The monoisotopic (exact) mass is 416 g/mol. The molecule has 31 heavy (non-hydrogen) atoms. The second-order valence-corrected chi connectivity index (χ2v) is 8.36. The maximum atomic E-state index is 9.03. The molecule has 0 saturated carbocycles. The normalized spacial score (nSPS) is 17.0. The van der Waals surface area contributed by atoms with E-state index in [0.29, 0.717) is 12.6 Å². The van der Waals surface area contributed by atoms with E-state index in [-0.39, 0.29) is 6.61 Å². The minimum Gasteiger partial charge on any atom is -0.491 e. The summed E-state index contributed by atoms with van der Waals surface area (Å²) in [6.07, 6.45) is 0. The van der Waals surface area contributed by atoms with Gasteiger partial charge in [0.2, 0.25) is 0 Å². The SMILES string of the molecule is Cc1ccc([C@@H]2CN(Cc3ccccc3)CCN2c2ccc(OCCO)cc2C)cc1. The molecule has 0 bridgehead atoms. The zero-order valence-corrected chi connectivity index (χ0v) is 18.5. The van der Waals surface area contributed by atoms with Gasteiger partial charge in [-0.1, -0.05) is 60.2 Å². The molecule has 4 nitrogen and oxygen atoms in total. The van der Waals surface area contributed by atoms with Crippen LogP contribution >= 0.6 is 0 Å². The Morgan fingerprint density at radius 1 is 0.935 bits per heavy atom. The van der Waals surface area contributed by atoms with Gasteiger partial charge in [0, 0.05) is 31.9 Å². The lowest BCUT2D eigenvalue weighted by Crippen LogP contribution is -2.48. The van der Waals surface area contributed by atoms with E-state index >= 15 is 0 Å². The van der Waals surface area contributed by atoms with E-state index < -0.39 is 0 Å². The maximum absolute atomic E-state index is 9.03. The predicted octanol–water partition coefficient (Wildman–Crippen LogP) is 4.74. The third-order valence-electron chi connectivity index (χ3n) is 6.01. The van der Waals surface area contributed by atoms with Crippen LogP contribution in [0.2, 0.25) is 0 Å². The fourth-order valence-electron chi connectivity index (χ4n) is 4.39. The van der Waals surface area contributed by atoms with Gasteiger partial charge in [-0.05, 0) is 48.7 Å². The Morgan fingerprint density at radius 3 is 2.42 bits per heavy atom. The standard InChI is InChI=1S/C27H32N2O2/c1-21-8-10-24(11-9-21)27-20-28(19-23-6-4-3-5-7-23)14-15-29(27)26-13-12-25(18-22(26)2)31-17-16-30/h3-13,18,27,30H,14-17,19-20H2,1-2H3/t27-/m0/s1. The van der Waals surface area contributed by atoms with Crippen LogP contribution in [0.25, 0.3) is 0 Å². The van der Waals surface area contributed by atoms with Crippen molar-refractivity contribution in [1.29, 1.82) is 0 Å². The molecule has 0 amide bonds. The van der Waals surface area contributed by atoms with Gasteiger partial charge < -0.3 is 14.7 Å². The van der Waals surface area contributed by atoms with E-state index in [1.54, 1.807) is 0 Å². The summed E-state index contributed by atoms with van der Waals surface area (Å²) < 4.78 is 5.61. The number of nitrogens with zero attached hydrogens (tertiary/aromatic N) is 2. The summed E-state index contributed by atoms with van der Waals surface area (Å²) in [5, 5.41) is 9.03. The molecule has 3 aromatic carbocycles. The second-order valence-electron chi connectivity index (χ2n) is 8.36. The van der Waals surface area contributed by atoms with Crippen LogP contribution in [-0.2, 0) is 6.54 Å². The lowest BCUT2D eigenvalue weighted by atomic mass is 9.98. The largest absolute Gasteiger partial charge is 0.491 e. The highest BCUT2D eigenvalue weighted by Gasteiger charge is 2.29. The quantitative estimate of drug-likeness (QED) is 0.604. The lowest BCUT2D eigenvalue weighted by molar-refractivity contribution is 0.201. The second kappa shape index (κ2) is 9.99. The molecule has 1 aliphatic rings. The van der Waals surface area contributed by atoms with Crippen molar-refractivity contribution in [3.05, 3.63) is 95.1 Å². The first-order valence-corrected chi connectivity index (χ1v) is 11.1. The third kappa shape index (κ3) is 5.27. The van der Waals surface area contributed by atoms with Crippen LogP contribution in [0.5, 0.6) is 5.75 Å². The third-order valence-corrected chi connectivity index (χ3v) is 6.01. The molecule has 1 N–H and O–H groups in total. The minimum atomic E-state index is 0.0275. The molecule has 3 aromatic rings. The molecule has 0 unspecified atom stereocenters. The van der Waals surface area contributed by atoms with Gasteiger partial charge in [0.25, 0.3) is 0 Å². The Kier molecular flexibility index (Phi) is 6.90. The Labute approximate surface area is 185 Å². The smallest absolute Gasteiger partial charge is 0.119 e. The molecular formula is C27H32N2O2. The molecule has 162 valence electrons. The zero-order chi connectivity index (χ0) is 21.6. The molecular weight excluding hydrogens is 384 g/mol. The first kappa shape index (κ1) is 21.4. The lowest BCUT2D eigenvalue weighted by Gasteiger charge is -2.44. The van der Waals surface area contributed by atoms with Crippen molar-refractivity contribution in [2.75, 3.05) is 37.7 Å². The van der Waals surface area contributed by atoms with Gasteiger partial charge in [-0.3, -0.25) is 4.90 Å². The van der Waals surface area contributed by atoms with Gasteiger partial charge in [-0.15, -0.1) is 0 Å². The van der Waals surface area contributed by atoms with Gasteiger partial charge in [-0.2, -0.15) is 0 Å². The maximum Gasteiger partial charge on any atom is 0.119 e. The van der Waals surface area contributed by atoms with Crippen molar-refractivity contribution >= 4 is 5.69 Å². The Bertz CT molecular complexity index is 972. The Morgan fingerprint density at radius 2 is 1.71 bits per heavy atom. The summed E-state index contributed by atoms with van der Waals surface area (Å²) in [4.78, 5) is 5.10. The highest BCUT2D eigenvalue weighted by molar-refractivity contribution is 5.58. The molecule has 1 atom stereocenters. The van der Waals surface area contributed by atoms with Gasteiger partial charge in [0.15, 0.2) is 0 Å². The first-order valence-electron chi connectivity index (χ1n) is 11.1. The number of hydrogen-bond acceptors (Lipinski definition) is 4. The molecule has 0 aromatic heterocycles. The van der Waals surface area contributed by atoms with E-state index in [0.717, 1.165) is 31.9 Å². The summed E-state index contributed by atoms with van der Waals surface area (Å²) in [5.74, 6) is 0.810. The fraction of sp³-hybridized carbons (Fsp3) is 0.333. The number of aryl methyl sites for hydroxylation is 2. The van der Waals surface area contributed by atoms with Gasteiger partial charge in [0.1, 0.15) is 12.4 Å². The Hall–Kier alpha value is -2.82. The molecule has 1 aliphatic heterocycles. The van der Waals surface area contributed by atoms with Crippen LogP contribution in [0.3, 0.4) is 0 Å². The van der Waals surface area contributed by atoms with Crippen molar-refractivity contribution in [1.82, 2.24) is 4.90 Å². The number of aliphatic hydroxyl groups is 1. The average molecular weight is 417 g/mol. The van der Waals surface area contributed by atoms with Crippen molar-refractivity contribution in [3.63, 3.8) is 0 Å². The molecule has 4 rings (SSSR count). The van der Waals surface area contributed by atoms with Gasteiger partial charge in [0.05, 0.1) is 12.6 Å². The van der Waals surface area contributed by atoms with Crippen molar-refractivity contribution in [2.24, 2.45) is 0 Å². The minimum absolute atomic E-state index is 0.0275. The molecule has 1 fully saturated rings. The number of aliphatic hydroxyl groups excluding tert-OH is 1. The van der Waals surface area contributed by atoms with Crippen molar-refractivity contribution < 1.29 is 9.84 Å². The summed E-state index contributed by atoms with van der Waals surface area (Å²) in [6.45, 7) is 8.60. The highest BCUT2D eigenvalue weighted by Crippen LogP contribution is 2.35. The van der Waals surface area contributed by atoms with E-state index in [1.807, 2.05) is 6.07 Å². The van der Waals surface area contributed by atoms with Crippen LogP contribution in [0.15, 0.2) is 72.8 Å². The number of benzene rings is 3. The van der Waals surface area contributed by atoms with E-state index in [9.17, 15) is 0 Å². The molecule has 0 radical (unpaired) electrons. The van der Waals surface area contributed by atoms with Crippen LogP contribution in [0.1, 0.15) is 28.3 Å². The van der Waals surface area contributed by atoms with Crippen molar-refractivity contribution in [3.8, 4) is 5.75 Å². The molecule has 4 heteroatoms. The number of piperazine rings is 1. The average Bonchev–Trinajstić information content (AvgIpc) is 2.79. The van der Waals surface area contributed by atoms with E-state index in [2.05, 4.69) is 90.4 Å². The van der Waals surface area contributed by atoms with Crippen molar-refractivity contribution in [2.45, 2.75) is 26.4 Å². The molecule has 0 spiro atoms. The van der Waals surface area contributed by atoms with E-state index in [1.165, 1.54) is 27.9 Å². The first-order chi connectivity index (χ1) is 15.1. The zero-order valence-electron chi connectivity index (χ0n) is 18.5. The van der Waals surface area contributed by atoms with Gasteiger partial charge >= 0.3 is 0 Å². The fourth-order valence-corrected chi connectivity index (χ4v) is 4.39. The van der Waals surface area contributed by atoms with E-state index in [4.69, 9.17) is 9.84 Å². The topological polar surface area (TPSA) is 35.9 Å². The van der Waals surface area contributed by atoms with Crippen LogP contribution < -0.4 is 9.64 Å². The highest BCUT2D eigenvalue weighted by atomic mass is 16.5. The Balaban J connectivity index is 1.59. The number of rotatable bonds is 7. The summed E-state index contributed by atoms with van der Waals surface area (Å²) in [6, 6.07) is 26.2. The predicted molar refractivity (Wildman–Crippen MR) is 127 cm³/mol. The summed E-state index contributed by atoms with van der Waals surface area (Å²) in [5.41, 5.74) is 6.45. The van der Waals surface area contributed by atoms with Gasteiger partial charge in [-0.25, -0.2) is 0 Å². The van der Waals surface area contributed by atoms with Crippen LogP contribution in [0.4, 0.5) is 5.69 Å². The molecule has 0 aliphatic carbocycles. The number of anilines is 1. The number of ether oxygens (including phenoxy) is 1. The van der Waals surface area contributed by atoms with Crippen LogP contribution in [-0.4, -0.2) is 42.9 Å². The van der Waals surface area contributed by atoms with Crippen LogP contribution in [0, 0.1) is 13.8 Å².